The van der Waals surface area contributed by atoms with Gasteiger partial charge in [-0.1, -0.05) is 11.0 Å². The molecule has 0 N–H and O–H groups in total. The molecule has 1 aliphatic heterocycles. The molecule has 1 unspecified atom stereocenters. The molecule has 13 heavy (non-hydrogen) atoms. The molecule has 1 rings (SSSR count). The molecule has 0 aromatic heterocycles. The topological polar surface area (TPSA) is 52.4 Å². The predicted molar refractivity (Wildman–Crippen MR) is 44.5 cm³/mol. The van der Waals surface area contributed by atoms with E-state index in [1.165, 1.54) is 7.11 Å². The molecule has 0 aromatic rings. The fraction of sp³-hybridized carbons (Fsp3) is 0.750. The molecule has 1 heterocycles. The van der Waals surface area contributed by atoms with Gasteiger partial charge in [-0.05, 0) is 13.8 Å². The zero-order valence-corrected chi connectivity index (χ0v) is 7.90. The zero-order valence-electron chi connectivity index (χ0n) is 7.90. The number of azo groups is 1. The van der Waals surface area contributed by atoms with Crippen LogP contribution in [0.3, 0.4) is 0 Å². The number of ether oxygens (including phenoxy) is 3. The van der Waals surface area contributed by atoms with Gasteiger partial charge < -0.3 is 4.74 Å². The van der Waals surface area contributed by atoms with Gasteiger partial charge in [-0.15, -0.1) is 6.42 Å². The maximum atomic E-state index is 5.31. The summed E-state index contributed by atoms with van der Waals surface area (Å²) in [6.45, 7) is 3.55. The summed E-state index contributed by atoms with van der Waals surface area (Å²) < 4.78 is 15.3. The minimum absolute atomic E-state index is 0.0585. The molecule has 0 aromatic carbocycles. The van der Waals surface area contributed by atoms with Crippen LogP contribution in [0.15, 0.2) is 10.2 Å². The molecule has 0 fully saturated rings. The third-order valence-electron chi connectivity index (χ3n) is 1.39. The number of rotatable bonds is 3. The van der Waals surface area contributed by atoms with Crippen molar-refractivity contribution in [3.05, 3.63) is 0 Å². The van der Waals surface area contributed by atoms with Gasteiger partial charge in [-0.3, -0.25) is 9.47 Å². The molecular weight excluding hydrogens is 172 g/mol. The Hall–Kier alpha value is -0.960. The number of methoxy groups -OCH3 is 1. The van der Waals surface area contributed by atoms with E-state index in [4.69, 9.17) is 20.6 Å². The van der Waals surface area contributed by atoms with E-state index in [1.54, 1.807) is 13.8 Å². The van der Waals surface area contributed by atoms with Crippen molar-refractivity contribution in [1.82, 2.24) is 0 Å². The minimum atomic E-state index is -1.46. The highest BCUT2D eigenvalue weighted by molar-refractivity contribution is 4.84. The number of terminal acetylenes is 1. The van der Waals surface area contributed by atoms with Crippen molar-refractivity contribution >= 4 is 0 Å². The van der Waals surface area contributed by atoms with Crippen LogP contribution in [0.2, 0.25) is 0 Å². The Balaban J connectivity index is 2.66. The Bertz CT molecular complexity index is 257. The monoisotopic (exact) mass is 184 g/mol. The molecule has 0 amide bonds. The number of hydrogen-bond acceptors (Lipinski definition) is 5. The molecule has 1 aliphatic rings. The highest BCUT2D eigenvalue weighted by Crippen LogP contribution is 2.32. The van der Waals surface area contributed by atoms with Crippen LogP contribution in [0.4, 0.5) is 0 Å². The van der Waals surface area contributed by atoms with Crippen molar-refractivity contribution in [2.45, 2.75) is 25.7 Å². The zero-order chi connectivity index (χ0) is 9.95. The first-order chi connectivity index (χ1) is 6.04. The number of nitrogens with zero attached hydrogens (tertiary/aromatic N) is 2. The molecule has 0 saturated carbocycles. The van der Waals surface area contributed by atoms with Crippen LogP contribution in [0, 0.1) is 12.3 Å². The lowest BCUT2D eigenvalue weighted by Crippen LogP contribution is -2.37. The second-order valence-corrected chi connectivity index (χ2v) is 2.97. The maximum absolute atomic E-state index is 5.31. The third kappa shape index (κ3) is 2.25. The lowest BCUT2D eigenvalue weighted by molar-refractivity contribution is -0.372. The summed E-state index contributed by atoms with van der Waals surface area (Å²) in [7, 11) is 1.41. The Kier molecular flexibility index (Phi) is 2.66. The molecular formula is C8H12N2O3. The first-order valence-electron chi connectivity index (χ1n) is 3.80. The van der Waals surface area contributed by atoms with Gasteiger partial charge in [0.25, 0.3) is 0 Å². The highest BCUT2D eigenvalue weighted by atomic mass is 16.9. The number of hydrogen-bond donors (Lipinski definition) is 0. The molecule has 72 valence electrons. The van der Waals surface area contributed by atoms with E-state index in [0.29, 0.717) is 0 Å². The quantitative estimate of drug-likeness (QED) is 0.487. The summed E-state index contributed by atoms with van der Waals surface area (Å²) in [6, 6.07) is 0. The van der Waals surface area contributed by atoms with Gasteiger partial charge >= 0.3 is 6.10 Å². The van der Waals surface area contributed by atoms with Gasteiger partial charge in [0.1, 0.15) is 6.61 Å². The van der Waals surface area contributed by atoms with E-state index < -0.39 is 11.8 Å². The summed E-state index contributed by atoms with van der Waals surface area (Å²) in [5.74, 6) is 2.30. The molecule has 0 bridgehead atoms. The van der Waals surface area contributed by atoms with Gasteiger partial charge in [0.15, 0.2) is 5.72 Å². The van der Waals surface area contributed by atoms with Crippen molar-refractivity contribution in [2.75, 3.05) is 13.7 Å². The normalized spacial score (nSPS) is 30.3. The summed E-state index contributed by atoms with van der Waals surface area (Å²) in [5, 5.41) is 7.57. The van der Waals surface area contributed by atoms with E-state index >= 15 is 0 Å². The maximum Gasteiger partial charge on any atom is 0.415 e. The van der Waals surface area contributed by atoms with E-state index in [2.05, 4.69) is 16.1 Å². The van der Waals surface area contributed by atoms with Crippen molar-refractivity contribution in [2.24, 2.45) is 10.2 Å². The molecule has 5 heteroatoms. The van der Waals surface area contributed by atoms with E-state index in [0.717, 1.165) is 0 Å². The standard InChI is InChI=1S/C8H12N2O3/c1-5-6-12-8(11-4)10-9-7(2,3)13-8/h1H,6H2,2-4H3. The molecule has 0 spiro atoms. The smallest absolute Gasteiger partial charge is 0.310 e. The van der Waals surface area contributed by atoms with Crippen LogP contribution >= 0.6 is 0 Å². The highest BCUT2D eigenvalue weighted by Gasteiger charge is 2.45. The van der Waals surface area contributed by atoms with Gasteiger partial charge in [0, 0.05) is 7.11 Å². The first-order valence-corrected chi connectivity index (χ1v) is 3.80. The average molecular weight is 184 g/mol. The lowest BCUT2D eigenvalue weighted by atomic mass is 10.3. The molecule has 0 aliphatic carbocycles. The van der Waals surface area contributed by atoms with Crippen LogP contribution in [-0.2, 0) is 14.2 Å². The van der Waals surface area contributed by atoms with Crippen LogP contribution in [-0.4, -0.2) is 25.5 Å². The molecule has 0 saturated heterocycles. The van der Waals surface area contributed by atoms with Crippen molar-refractivity contribution < 1.29 is 14.2 Å². The van der Waals surface area contributed by atoms with Crippen LogP contribution in [0.5, 0.6) is 0 Å². The molecule has 1 atom stereocenters. The fourth-order valence-electron chi connectivity index (χ4n) is 0.871. The SMILES string of the molecule is C#CCOC1(OC)N=NC(C)(C)O1. The summed E-state index contributed by atoms with van der Waals surface area (Å²) >= 11 is 0. The lowest BCUT2D eigenvalue weighted by Gasteiger charge is -2.24. The molecule has 0 radical (unpaired) electrons. The van der Waals surface area contributed by atoms with Gasteiger partial charge in [0.2, 0.25) is 0 Å². The predicted octanol–water partition coefficient (Wildman–Crippen LogP) is 1.11. The van der Waals surface area contributed by atoms with E-state index in [-0.39, 0.29) is 6.61 Å². The van der Waals surface area contributed by atoms with E-state index in [1.807, 2.05) is 0 Å². The van der Waals surface area contributed by atoms with Crippen LogP contribution in [0.1, 0.15) is 13.8 Å². The minimum Gasteiger partial charge on any atom is -0.310 e. The van der Waals surface area contributed by atoms with Crippen LogP contribution < -0.4 is 0 Å². The van der Waals surface area contributed by atoms with E-state index in [9.17, 15) is 0 Å². The first kappa shape index (κ1) is 10.1. The van der Waals surface area contributed by atoms with Gasteiger partial charge in [-0.25, -0.2) is 0 Å². The largest absolute Gasteiger partial charge is 0.415 e. The Morgan fingerprint density at radius 1 is 1.46 bits per heavy atom. The summed E-state index contributed by atoms with van der Waals surface area (Å²) in [4.78, 5) is 0. The Labute approximate surface area is 77.1 Å². The average Bonchev–Trinajstić information content (AvgIpc) is 2.40. The van der Waals surface area contributed by atoms with Crippen LogP contribution in [0.25, 0.3) is 0 Å². The van der Waals surface area contributed by atoms with Gasteiger partial charge in [-0.2, -0.15) is 5.11 Å². The Morgan fingerprint density at radius 2 is 2.15 bits per heavy atom. The molecule has 5 nitrogen and oxygen atoms in total. The summed E-state index contributed by atoms with van der Waals surface area (Å²) in [5.41, 5.74) is -0.732. The summed E-state index contributed by atoms with van der Waals surface area (Å²) in [6.07, 6.45) is 3.57. The second kappa shape index (κ2) is 3.42. The van der Waals surface area contributed by atoms with Crippen molar-refractivity contribution in [3.63, 3.8) is 0 Å². The second-order valence-electron chi connectivity index (χ2n) is 2.97. The fourth-order valence-corrected chi connectivity index (χ4v) is 0.871. The third-order valence-corrected chi connectivity index (χ3v) is 1.39. The van der Waals surface area contributed by atoms with Gasteiger partial charge in [0.05, 0.1) is 0 Å². The van der Waals surface area contributed by atoms with Crippen molar-refractivity contribution in [3.8, 4) is 12.3 Å². The Morgan fingerprint density at radius 3 is 2.54 bits per heavy atom. The van der Waals surface area contributed by atoms with Crippen molar-refractivity contribution in [1.29, 1.82) is 0 Å².